The van der Waals surface area contributed by atoms with E-state index < -0.39 is 28.0 Å². The normalized spacial score (nSPS) is 12.1. The van der Waals surface area contributed by atoms with Crippen LogP contribution in [0.4, 0.5) is 5.69 Å². The summed E-state index contributed by atoms with van der Waals surface area (Å²) >= 11 is 0. The summed E-state index contributed by atoms with van der Waals surface area (Å²) < 4.78 is 37.6. The number of sulfonamides is 1. The van der Waals surface area contributed by atoms with Gasteiger partial charge in [0.15, 0.2) is 6.10 Å². The Labute approximate surface area is 157 Å². The number of hydrogen-bond donors (Lipinski definition) is 2. The number of rotatable bonds is 8. The molecule has 0 heterocycles. The van der Waals surface area contributed by atoms with E-state index in [-0.39, 0.29) is 16.1 Å². The Morgan fingerprint density at radius 1 is 1.15 bits per heavy atom. The predicted octanol–water partition coefficient (Wildman–Crippen LogP) is 1.92. The van der Waals surface area contributed by atoms with Gasteiger partial charge in [-0.05, 0) is 56.3 Å². The Morgan fingerprint density at radius 3 is 2.41 bits per heavy atom. The van der Waals surface area contributed by atoms with Crippen LogP contribution in [-0.4, -0.2) is 33.0 Å². The van der Waals surface area contributed by atoms with Crippen LogP contribution >= 0.6 is 0 Å². The molecule has 0 saturated heterocycles. The summed E-state index contributed by atoms with van der Waals surface area (Å²) in [6.45, 7) is 3.65. The second-order valence-corrected chi connectivity index (χ2v) is 7.22. The molecule has 2 aromatic rings. The number of esters is 1. The summed E-state index contributed by atoms with van der Waals surface area (Å²) in [4.78, 5) is 23.1. The van der Waals surface area contributed by atoms with Gasteiger partial charge in [0.05, 0.1) is 17.1 Å². The van der Waals surface area contributed by atoms with Crippen molar-refractivity contribution < 1.29 is 27.5 Å². The fourth-order valence-electron chi connectivity index (χ4n) is 2.09. The maximum Gasteiger partial charge on any atom is 0.338 e. The molecule has 0 aliphatic rings. The minimum atomic E-state index is -3.86. The number of carbonyl (C=O) groups excluding carboxylic acids is 2. The fourth-order valence-corrected chi connectivity index (χ4v) is 3.14. The lowest BCUT2D eigenvalue weighted by atomic mass is 10.2. The summed E-state index contributed by atoms with van der Waals surface area (Å²) in [7, 11) is -3.86. The quantitative estimate of drug-likeness (QED) is 0.661. The van der Waals surface area contributed by atoms with Crippen LogP contribution in [-0.2, 0) is 19.6 Å². The first kappa shape index (κ1) is 20.2. The molecular formula is C18H20N2O6S. The van der Waals surface area contributed by atoms with Crippen LogP contribution in [0.1, 0.15) is 24.2 Å². The summed E-state index contributed by atoms with van der Waals surface area (Å²) in [5.74, 6) is -1.01. The second-order valence-electron chi connectivity index (χ2n) is 5.54. The first-order valence-corrected chi connectivity index (χ1v) is 9.57. The molecule has 1 atom stereocenters. The first-order chi connectivity index (χ1) is 12.7. The average molecular weight is 392 g/mol. The summed E-state index contributed by atoms with van der Waals surface area (Å²) in [5, 5.41) is 0. The Balaban J connectivity index is 2.16. The zero-order valence-electron chi connectivity index (χ0n) is 14.8. The average Bonchev–Trinajstić information content (AvgIpc) is 2.62. The zero-order chi connectivity index (χ0) is 20.0. The molecule has 0 fully saturated rings. The molecule has 0 aliphatic heterocycles. The Hall–Kier alpha value is -3.07. The molecule has 3 N–H and O–H groups in total. The molecule has 0 spiro atoms. The van der Waals surface area contributed by atoms with Gasteiger partial charge in [-0.2, -0.15) is 0 Å². The molecule has 1 amide bonds. The van der Waals surface area contributed by atoms with Crippen LogP contribution in [0.2, 0.25) is 0 Å². The monoisotopic (exact) mass is 392 g/mol. The molecule has 0 radical (unpaired) electrons. The first-order valence-electron chi connectivity index (χ1n) is 8.09. The van der Waals surface area contributed by atoms with Crippen LogP contribution in [0.25, 0.3) is 0 Å². The molecule has 27 heavy (non-hydrogen) atoms. The maximum atomic E-state index is 12.5. The minimum absolute atomic E-state index is 0.0429. The number of hydrogen-bond acceptors (Lipinski definition) is 6. The number of nitrogens with two attached hydrogens (primary N) is 1. The van der Waals surface area contributed by atoms with Crippen LogP contribution in [0, 0.1) is 0 Å². The van der Waals surface area contributed by atoms with Gasteiger partial charge >= 0.3 is 5.97 Å². The number of benzene rings is 2. The van der Waals surface area contributed by atoms with E-state index in [1.54, 1.807) is 12.1 Å². The maximum absolute atomic E-state index is 12.5. The lowest BCUT2D eigenvalue weighted by Crippen LogP contribution is -2.30. The van der Waals surface area contributed by atoms with Crippen molar-refractivity contribution in [2.45, 2.75) is 24.8 Å². The molecule has 2 aromatic carbocycles. The van der Waals surface area contributed by atoms with Crippen molar-refractivity contribution in [2.75, 3.05) is 11.3 Å². The highest BCUT2D eigenvalue weighted by Crippen LogP contribution is 2.20. The van der Waals surface area contributed by atoms with Crippen LogP contribution < -0.4 is 15.2 Å². The Kier molecular flexibility index (Phi) is 6.40. The highest BCUT2D eigenvalue weighted by Gasteiger charge is 2.18. The van der Waals surface area contributed by atoms with Crippen molar-refractivity contribution in [2.24, 2.45) is 5.73 Å². The van der Waals surface area contributed by atoms with Gasteiger partial charge in [-0.1, -0.05) is 6.07 Å². The van der Waals surface area contributed by atoms with E-state index in [4.69, 9.17) is 15.2 Å². The molecule has 0 aliphatic carbocycles. The van der Waals surface area contributed by atoms with Gasteiger partial charge in [-0.25, -0.2) is 13.2 Å². The molecule has 144 valence electrons. The number of carbonyl (C=O) groups is 2. The SMILES string of the molecule is CCOc1ccc(S(=O)(=O)Nc2cccc(C(=O)O[C@H](C)C(N)=O)c2)cc1. The largest absolute Gasteiger partial charge is 0.494 e. The summed E-state index contributed by atoms with van der Waals surface area (Å²) in [6, 6.07) is 11.7. The topological polar surface area (TPSA) is 125 Å². The van der Waals surface area contributed by atoms with E-state index in [0.717, 1.165) is 0 Å². The lowest BCUT2D eigenvalue weighted by molar-refractivity contribution is -0.125. The number of anilines is 1. The molecule has 9 heteroatoms. The van der Waals surface area contributed by atoms with Crippen molar-refractivity contribution in [1.29, 1.82) is 0 Å². The predicted molar refractivity (Wildman–Crippen MR) is 98.9 cm³/mol. The molecule has 0 unspecified atom stereocenters. The zero-order valence-corrected chi connectivity index (χ0v) is 15.7. The number of nitrogens with one attached hydrogen (secondary N) is 1. The van der Waals surface area contributed by atoms with Crippen LogP contribution in [0.15, 0.2) is 53.4 Å². The summed E-state index contributed by atoms with van der Waals surface area (Å²) in [5.41, 5.74) is 5.30. The van der Waals surface area contributed by atoms with E-state index in [1.165, 1.54) is 43.3 Å². The van der Waals surface area contributed by atoms with Gasteiger partial charge in [-0.15, -0.1) is 0 Å². The van der Waals surface area contributed by atoms with Crippen LogP contribution in [0.3, 0.4) is 0 Å². The van der Waals surface area contributed by atoms with Gasteiger partial charge in [0, 0.05) is 5.69 Å². The Bertz CT molecular complexity index is 925. The van der Waals surface area contributed by atoms with E-state index in [9.17, 15) is 18.0 Å². The van der Waals surface area contributed by atoms with Gasteiger partial charge in [0.1, 0.15) is 5.75 Å². The fraction of sp³-hybridized carbons (Fsp3) is 0.222. The molecular weight excluding hydrogens is 372 g/mol. The van der Waals surface area contributed by atoms with Crippen molar-refractivity contribution in [3.8, 4) is 5.75 Å². The third kappa shape index (κ3) is 5.45. The van der Waals surface area contributed by atoms with Gasteiger partial charge in [0.25, 0.3) is 15.9 Å². The third-order valence-corrected chi connectivity index (χ3v) is 4.88. The highest BCUT2D eigenvalue weighted by molar-refractivity contribution is 7.92. The minimum Gasteiger partial charge on any atom is -0.494 e. The molecule has 0 saturated carbocycles. The smallest absolute Gasteiger partial charge is 0.338 e. The van der Waals surface area contributed by atoms with E-state index >= 15 is 0 Å². The van der Waals surface area contributed by atoms with E-state index in [2.05, 4.69) is 4.72 Å². The Morgan fingerprint density at radius 2 is 1.81 bits per heavy atom. The van der Waals surface area contributed by atoms with Crippen molar-refractivity contribution >= 4 is 27.6 Å². The molecule has 8 nitrogen and oxygen atoms in total. The van der Waals surface area contributed by atoms with Crippen molar-refractivity contribution in [3.05, 3.63) is 54.1 Å². The van der Waals surface area contributed by atoms with Gasteiger partial charge in [-0.3, -0.25) is 9.52 Å². The number of primary amides is 1. The second kappa shape index (κ2) is 8.54. The number of amides is 1. The van der Waals surface area contributed by atoms with Gasteiger partial charge in [0.2, 0.25) is 0 Å². The molecule has 0 aromatic heterocycles. The summed E-state index contributed by atoms with van der Waals surface area (Å²) in [6.07, 6.45) is -1.10. The van der Waals surface area contributed by atoms with Crippen molar-refractivity contribution in [1.82, 2.24) is 0 Å². The number of ether oxygens (including phenoxy) is 2. The van der Waals surface area contributed by atoms with Crippen LogP contribution in [0.5, 0.6) is 5.75 Å². The van der Waals surface area contributed by atoms with E-state index in [1.807, 2.05) is 6.92 Å². The third-order valence-electron chi connectivity index (χ3n) is 3.48. The molecule has 2 rings (SSSR count). The van der Waals surface area contributed by atoms with Crippen molar-refractivity contribution in [3.63, 3.8) is 0 Å². The van der Waals surface area contributed by atoms with E-state index in [0.29, 0.717) is 12.4 Å². The molecule has 0 bridgehead atoms. The lowest BCUT2D eigenvalue weighted by Gasteiger charge is -2.12. The highest BCUT2D eigenvalue weighted by atomic mass is 32.2. The standard InChI is InChI=1S/C18H20N2O6S/c1-3-25-15-7-9-16(10-8-15)27(23,24)20-14-6-4-5-13(11-14)18(22)26-12(2)17(19)21/h4-12,20H,3H2,1-2H3,(H2,19,21)/t12-/m1/s1. The van der Waals surface area contributed by atoms with Gasteiger partial charge < -0.3 is 15.2 Å².